The Bertz CT molecular complexity index is 1180. The summed E-state index contributed by atoms with van der Waals surface area (Å²) >= 11 is 1.37. The smallest absolute Gasteiger partial charge is 0.266 e. The molecule has 2 aromatic heterocycles. The topological polar surface area (TPSA) is 79.3 Å². The van der Waals surface area contributed by atoms with Gasteiger partial charge in [-0.1, -0.05) is 30.3 Å². The zero-order valence-electron chi connectivity index (χ0n) is 18.2. The van der Waals surface area contributed by atoms with Crippen LogP contribution < -0.4 is 4.90 Å². The second-order valence-electron chi connectivity index (χ2n) is 8.35. The third-order valence-electron chi connectivity index (χ3n) is 6.31. The lowest BCUT2D eigenvalue weighted by Gasteiger charge is -2.25. The fourth-order valence-corrected chi connectivity index (χ4v) is 5.34. The summed E-state index contributed by atoms with van der Waals surface area (Å²) in [5, 5.41) is 0. The van der Waals surface area contributed by atoms with Crippen LogP contribution in [0.25, 0.3) is 0 Å². The predicted octanol–water partition coefficient (Wildman–Crippen LogP) is 3.66. The Morgan fingerprint density at radius 3 is 2.72 bits per heavy atom. The van der Waals surface area contributed by atoms with Crippen LogP contribution >= 0.6 is 11.3 Å². The largest absolute Gasteiger partial charge is 0.328 e. The van der Waals surface area contributed by atoms with E-state index in [-0.39, 0.29) is 17.9 Å². The Labute approximate surface area is 191 Å². The Morgan fingerprint density at radius 1 is 1.16 bits per heavy atom. The second-order valence-corrected chi connectivity index (χ2v) is 9.21. The summed E-state index contributed by atoms with van der Waals surface area (Å²) in [5.74, 6) is 1.40. The lowest BCUT2D eigenvalue weighted by molar-refractivity contribution is -0.117. The molecule has 0 saturated carbocycles. The van der Waals surface area contributed by atoms with Crippen molar-refractivity contribution in [3.63, 3.8) is 0 Å². The summed E-state index contributed by atoms with van der Waals surface area (Å²) in [6, 6.07) is 9.97. The Morgan fingerprint density at radius 2 is 1.97 bits per heavy atom. The SMILES string of the molecule is Cc1ncsc1C(=O)N1CCC[C@@H]1c1nc(C)c2c(n1)N(CCc1ccccc1)C(=O)C2. The molecular formula is C24H25N5O2S. The minimum atomic E-state index is -0.181. The monoisotopic (exact) mass is 447 g/mol. The molecule has 0 radical (unpaired) electrons. The highest BCUT2D eigenvalue weighted by atomic mass is 32.1. The molecule has 2 amide bonds. The van der Waals surface area contributed by atoms with Gasteiger partial charge >= 0.3 is 0 Å². The van der Waals surface area contributed by atoms with Crippen molar-refractivity contribution in [3.05, 3.63) is 69.1 Å². The van der Waals surface area contributed by atoms with E-state index in [4.69, 9.17) is 9.97 Å². The number of rotatable bonds is 5. The fraction of sp³-hybridized carbons (Fsp3) is 0.375. The summed E-state index contributed by atoms with van der Waals surface area (Å²) in [4.78, 5) is 44.2. The van der Waals surface area contributed by atoms with E-state index in [1.807, 2.05) is 36.9 Å². The van der Waals surface area contributed by atoms with Crippen LogP contribution in [0.2, 0.25) is 0 Å². The molecule has 0 aliphatic carbocycles. The minimum Gasteiger partial charge on any atom is -0.328 e. The Hall–Kier alpha value is -3.13. The summed E-state index contributed by atoms with van der Waals surface area (Å²) < 4.78 is 0. The number of benzene rings is 1. The van der Waals surface area contributed by atoms with Crippen LogP contribution in [0.1, 0.15) is 56.9 Å². The van der Waals surface area contributed by atoms with E-state index >= 15 is 0 Å². The van der Waals surface area contributed by atoms with Gasteiger partial charge in [0, 0.05) is 24.3 Å². The van der Waals surface area contributed by atoms with Gasteiger partial charge in [-0.25, -0.2) is 15.0 Å². The molecular weight excluding hydrogens is 422 g/mol. The van der Waals surface area contributed by atoms with E-state index in [0.29, 0.717) is 36.0 Å². The molecule has 2 aliphatic heterocycles. The van der Waals surface area contributed by atoms with Crippen LogP contribution in [0.5, 0.6) is 0 Å². The second kappa shape index (κ2) is 8.43. The first kappa shape index (κ1) is 20.8. The molecule has 1 fully saturated rings. The van der Waals surface area contributed by atoms with Gasteiger partial charge in [0.2, 0.25) is 5.91 Å². The quantitative estimate of drug-likeness (QED) is 0.596. The Kier molecular flexibility index (Phi) is 5.46. The van der Waals surface area contributed by atoms with E-state index in [1.54, 1.807) is 10.4 Å². The highest BCUT2D eigenvalue weighted by molar-refractivity contribution is 7.11. The zero-order chi connectivity index (χ0) is 22.2. The van der Waals surface area contributed by atoms with Crippen molar-refractivity contribution in [2.24, 2.45) is 0 Å². The maximum Gasteiger partial charge on any atom is 0.266 e. The molecule has 5 rings (SSSR count). The lowest BCUT2D eigenvalue weighted by atomic mass is 10.1. The van der Waals surface area contributed by atoms with Gasteiger partial charge in [-0.15, -0.1) is 11.3 Å². The van der Waals surface area contributed by atoms with Gasteiger partial charge in [-0.3, -0.25) is 14.5 Å². The Balaban J connectivity index is 1.43. The molecule has 3 aromatic rings. The normalized spacial score (nSPS) is 17.8. The van der Waals surface area contributed by atoms with Crippen molar-refractivity contribution in [1.29, 1.82) is 0 Å². The number of anilines is 1. The van der Waals surface area contributed by atoms with Gasteiger partial charge in [-0.05, 0) is 38.7 Å². The summed E-state index contributed by atoms with van der Waals surface area (Å²) in [6.07, 6.45) is 2.83. The van der Waals surface area contributed by atoms with E-state index < -0.39 is 0 Å². The third-order valence-corrected chi connectivity index (χ3v) is 7.23. The molecule has 164 valence electrons. The van der Waals surface area contributed by atoms with Crippen molar-refractivity contribution in [3.8, 4) is 0 Å². The minimum absolute atomic E-state index is 0.00809. The van der Waals surface area contributed by atoms with Crippen LogP contribution in [-0.2, 0) is 17.6 Å². The van der Waals surface area contributed by atoms with Gasteiger partial charge in [0.1, 0.15) is 10.7 Å². The number of hydrogen-bond donors (Lipinski definition) is 0. The highest BCUT2D eigenvalue weighted by Gasteiger charge is 2.37. The van der Waals surface area contributed by atoms with E-state index in [1.165, 1.54) is 16.9 Å². The van der Waals surface area contributed by atoms with Crippen LogP contribution in [0, 0.1) is 13.8 Å². The number of aryl methyl sites for hydroxylation is 2. The number of aromatic nitrogens is 3. The lowest BCUT2D eigenvalue weighted by Crippen LogP contribution is -2.32. The molecule has 32 heavy (non-hydrogen) atoms. The van der Waals surface area contributed by atoms with Crippen molar-refractivity contribution >= 4 is 29.0 Å². The van der Waals surface area contributed by atoms with Crippen molar-refractivity contribution in [2.45, 2.75) is 45.6 Å². The highest BCUT2D eigenvalue weighted by Crippen LogP contribution is 2.36. The summed E-state index contributed by atoms with van der Waals surface area (Å²) in [7, 11) is 0. The maximum atomic E-state index is 13.2. The van der Waals surface area contributed by atoms with Gasteiger partial charge in [0.15, 0.2) is 5.82 Å². The first-order chi connectivity index (χ1) is 15.5. The van der Waals surface area contributed by atoms with Gasteiger partial charge < -0.3 is 4.90 Å². The first-order valence-corrected chi connectivity index (χ1v) is 11.8. The molecule has 4 heterocycles. The average molecular weight is 448 g/mol. The van der Waals surface area contributed by atoms with Crippen LogP contribution in [0.4, 0.5) is 5.82 Å². The molecule has 0 N–H and O–H groups in total. The number of carbonyl (C=O) groups excluding carboxylic acids is 2. The van der Waals surface area contributed by atoms with Gasteiger partial charge in [-0.2, -0.15) is 0 Å². The van der Waals surface area contributed by atoms with E-state index in [2.05, 4.69) is 17.1 Å². The van der Waals surface area contributed by atoms with Crippen molar-refractivity contribution < 1.29 is 9.59 Å². The number of nitrogens with zero attached hydrogens (tertiary/aromatic N) is 5. The molecule has 1 aromatic carbocycles. The average Bonchev–Trinajstić information content (AvgIpc) is 3.51. The van der Waals surface area contributed by atoms with Crippen LogP contribution in [0.3, 0.4) is 0 Å². The first-order valence-electron chi connectivity index (χ1n) is 11.0. The molecule has 0 spiro atoms. The molecule has 2 aliphatic rings. The molecule has 7 nitrogen and oxygen atoms in total. The maximum absolute atomic E-state index is 13.2. The zero-order valence-corrected chi connectivity index (χ0v) is 19.1. The number of thiazole rings is 1. The number of fused-ring (bicyclic) bond motifs is 1. The van der Waals surface area contributed by atoms with Crippen molar-refractivity contribution in [1.82, 2.24) is 19.9 Å². The molecule has 1 saturated heterocycles. The van der Waals surface area contributed by atoms with Crippen LogP contribution in [-0.4, -0.2) is 44.8 Å². The van der Waals surface area contributed by atoms with Gasteiger partial charge in [0.05, 0.1) is 23.7 Å². The molecule has 0 bridgehead atoms. The molecule has 0 unspecified atom stereocenters. The molecule has 1 atom stereocenters. The summed E-state index contributed by atoms with van der Waals surface area (Å²) in [6.45, 7) is 5.06. The van der Waals surface area contributed by atoms with Crippen LogP contribution in [0.15, 0.2) is 35.8 Å². The number of likely N-dealkylation sites (tertiary alicyclic amines) is 1. The number of hydrogen-bond acceptors (Lipinski definition) is 6. The van der Waals surface area contributed by atoms with E-state index in [9.17, 15) is 9.59 Å². The standard InChI is InChI=1S/C24H25N5O2S/c1-15-18-13-20(30)29(12-10-17-7-4-3-5-8-17)23(18)27-22(26-15)19-9-6-11-28(19)24(31)21-16(2)25-14-32-21/h3-5,7-8,14,19H,6,9-13H2,1-2H3/t19-/m1/s1. The summed E-state index contributed by atoms with van der Waals surface area (Å²) in [5.41, 5.74) is 5.39. The van der Waals surface area contributed by atoms with Crippen molar-refractivity contribution in [2.75, 3.05) is 18.0 Å². The third kappa shape index (κ3) is 3.68. The fourth-order valence-electron chi connectivity index (χ4n) is 4.58. The molecule has 8 heteroatoms. The number of amides is 2. The number of carbonyl (C=O) groups is 2. The predicted molar refractivity (Wildman–Crippen MR) is 123 cm³/mol. The van der Waals surface area contributed by atoms with Gasteiger partial charge in [0.25, 0.3) is 5.91 Å². The van der Waals surface area contributed by atoms with E-state index in [0.717, 1.165) is 36.2 Å².